The highest BCUT2D eigenvalue weighted by Crippen LogP contribution is 2.24. The van der Waals surface area contributed by atoms with Crippen molar-refractivity contribution in [1.29, 1.82) is 5.26 Å². The summed E-state index contributed by atoms with van der Waals surface area (Å²) in [4.78, 5) is 14.6. The van der Waals surface area contributed by atoms with E-state index in [1.54, 1.807) is 0 Å². The molecule has 1 amide bonds. The lowest BCUT2D eigenvalue weighted by molar-refractivity contribution is -0.124. The molecule has 1 atom stereocenters. The van der Waals surface area contributed by atoms with E-state index in [1.165, 1.54) is 0 Å². The molecule has 1 heterocycles. The zero-order chi connectivity index (χ0) is 16.1. The van der Waals surface area contributed by atoms with Crippen LogP contribution in [0.5, 0.6) is 0 Å². The minimum Gasteiger partial charge on any atom is -0.336 e. The number of nitriles is 1. The molecule has 0 aromatic rings. The number of carbonyl (C=O) groups excluding carboxylic acids is 1. The van der Waals surface area contributed by atoms with Gasteiger partial charge in [-0.25, -0.2) is 0 Å². The third kappa shape index (κ3) is 8.21. The van der Waals surface area contributed by atoms with Crippen molar-refractivity contribution in [3.05, 3.63) is 0 Å². The molecular formula is C16H32Cl2N4O. The first-order valence-electron chi connectivity index (χ1n) is 7.92. The molecule has 1 unspecified atom stereocenters. The second-order valence-electron chi connectivity index (χ2n) is 7.40. The predicted molar refractivity (Wildman–Crippen MR) is 99.0 cm³/mol. The molecular weight excluding hydrogens is 335 g/mol. The summed E-state index contributed by atoms with van der Waals surface area (Å²) in [6, 6.07) is 1.76. The second kappa shape index (κ2) is 10.4. The van der Waals surface area contributed by atoms with Crippen LogP contribution in [0.4, 0.5) is 0 Å². The molecule has 1 rings (SSSR count). The molecule has 23 heavy (non-hydrogen) atoms. The Morgan fingerprint density at radius 1 is 1.35 bits per heavy atom. The Morgan fingerprint density at radius 2 is 1.87 bits per heavy atom. The number of rotatable bonds is 5. The fraction of sp³-hybridized carbons (Fsp3) is 0.875. The SMILES string of the molecule is CCCN1CCC(C#N)(NC(=O)C(N)CC(C)(C)C)CC1.Cl.Cl. The molecule has 1 aliphatic heterocycles. The second-order valence-corrected chi connectivity index (χ2v) is 7.40. The summed E-state index contributed by atoms with van der Waals surface area (Å²) in [5.41, 5.74) is 5.24. The molecule has 0 aromatic carbocycles. The lowest BCUT2D eigenvalue weighted by atomic mass is 9.86. The molecule has 3 N–H and O–H groups in total. The largest absolute Gasteiger partial charge is 0.336 e. The van der Waals surface area contributed by atoms with Gasteiger partial charge in [0.15, 0.2) is 0 Å². The third-order valence-corrected chi connectivity index (χ3v) is 3.99. The molecule has 0 spiro atoms. The molecule has 1 aliphatic rings. The maximum absolute atomic E-state index is 12.3. The maximum Gasteiger partial charge on any atom is 0.238 e. The van der Waals surface area contributed by atoms with E-state index in [1.807, 2.05) is 0 Å². The van der Waals surface area contributed by atoms with Crippen molar-refractivity contribution in [2.24, 2.45) is 11.1 Å². The number of carbonyl (C=O) groups is 1. The first-order valence-corrected chi connectivity index (χ1v) is 7.92. The molecule has 0 aliphatic carbocycles. The summed E-state index contributed by atoms with van der Waals surface area (Å²) in [6.07, 6.45) is 3.08. The van der Waals surface area contributed by atoms with Crippen LogP contribution in [0.1, 0.15) is 53.4 Å². The van der Waals surface area contributed by atoms with Gasteiger partial charge in [0.2, 0.25) is 5.91 Å². The molecule has 0 radical (unpaired) electrons. The molecule has 7 heteroatoms. The van der Waals surface area contributed by atoms with Gasteiger partial charge in [0.1, 0.15) is 5.54 Å². The van der Waals surface area contributed by atoms with Crippen LogP contribution in [0.2, 0.25) is 0 Å². The number of likely N-dealkylation sites (tertiary alicyclic amines) is 1. The van der Waals surface area contributed by atoms with E-state index < -0.39 is 11.6 Å². The van der Waals surface area contributed by atoms with Crippen LogP contribution >= 0.6 is 24.8 Å². The number of nitrogens with zero attached hydrogens (tertiary/aromatic N) is 2. The average Bonchev–Trinajstić information content (AvgIpc) is 2.39. The third-order valence-electron chi connectivity index (χ3n) is 3.99. The summed E-state index contributed by atoms with van der Waals surface area (Å²) in [5, 5.41) is 12.4. The first kappa shape index (κ1) is 24.7. The van der Waals surface area contributed by atoms with Crippen molar-refractivity contribution >= 4 is 30.7 Å². The van der Waals surface area contributed by atoms with E-state index >= 15 is 0 Å². The Labute approximate surface area is 153 Å². The van der Waals surface area contributed by atoms with E-state index in [0.717, 1.165) is 26.1 Å². The molecule has 136 valence electrons. The normalized spacial score (nSPS) is 18.8. The van der Waals surface area contributed by atoms with Crippen LogP contribution in [-0.2, 0) is 4.79 Å². The van der Waals surface area contributed by atoms with E-state index in [0.29, 0.717) is 19.3 Å². The number of piperidine rings is 1. The quantitative estimate of drug-likeness (QED) is 0.782. The van der Waals surface area contributed by atoms with Crippen molar-refractivity contribution in [2.45, 2.75) is 65.0 Å². The summed E-state index contributed by atoms with van der Waals surface area (Å²) in [7, 11) is 0. The van der Waals surface area contributed by atoms with Crippen molar-refractivity contribution < 1.29 is 4.79 Å². The zero-order valence-corrected chi connectivity index (χ0v) is 16.4. The van der Waals surface area contributed by atoms with Crippen LogP contribution in [0, 0.1) is 16.7 Å². The summed E-state index contributed by atoms with van der Waals surface area (Å²) in [6.45, 7) is 11.1. The summed E-state index contributed by atoms with van der Waals surface area (Å²) < 4.78 is 0. The summed E-state index contributed by atoms with van der Waals surface area (Å²) >= 11 is 0. The fourth-order valence-electron chi connectivity index (χ4n) is 2.82. The van der Waals surface area contributed by atoms with Crippen molar-refractivity contribution in [2.75, 3.05) is 19.6 Å². The topological polar surface area (TPSA) is 82.2 Å². The van der Waals surface area contributed by atoms with E-state index in [9.17, 15) is 10.1 Å². The predicted octanol–water partition coefficient (Wildman–Crippen LogP) is 2.48. The first-order chi connectivity index (χ1) is 9.71. The van der Waals surface area contributed by atoms with Gasteiger partial charge in [-0.15, -0.1) is 24.8 Å². The van der Waals surface area contributed by atoms with Gasteiger partial charge >= 0.3 is 0 Å². The monoisotopic (exact) mass is 366 g/mol. The number of hydrogen-bond donors (Lipinski definition) is 2. The number of hydrogen-bond acceptors (Lipinski definition) is 4. The minimum atomic E-state index is -0.739. The molecule has 1 saturated heterocycles. The minimum absolute atomic E-state index is 0. The highest BCUT2D eigenvalue weighted by molar-refractivity contribution is 5.85. The summed E-state index contributed by atoms with van der Waals surface area (Å²) in [5.74, 6) is -0.199. The number of amides is 1. The van der Waals surface area contributed by atoms with E-state index in [-0.39, 0.29) is 36.1 Å². The molecule has 1 fully saturated rings. The zero-order valence-electron chi connectivity index (χ0n) is 14.7. The molecule has 0 aromatic heterocycles. The van der Waals surface area contributed by atoms with Gasteiger partial charge in [-0.05, 0) is 37.6 Å². The Balaban J connectivity index is 0. The van der Waals surface area contributed by atoms with Gasteiger partial charge in [-0.1, -0.05) is 27.7 Å². The van der Waals surface area contributed by atoms with Crippen molar-refractivity contribution in [3.8, 4) is 6.07 Å². The fourth-order valence-corrected chi connectivity index (χ4v) is 2.82. The Hall–Kier alpha value is -0.540. The van der Waals surface area contributed by atoms with Crippen LogP contribution in [0.15, 0.2) is 0 Å². The van der Waals surface area contributed by atoms with Gasteiger partial charge in [0.05, 0.1) is 12.1 Å². The van der Waals surface area contributed by atoms with Crippen LogP contribution < -0.4 is 11.1 Å². The van der Waals surface area contributed by atoms with Gasteiger partial charge in [-0.2, -0.15) is 5.26 Å². The van der Waals surface area contributed by atoms with Gasteiger partial charge < -0.3 is 16.0 Å². The lowest BCUT2D eigenvalue weighted by Gasteiger charge is -2.38. The Kier molecular flexibility index (Phi) is 11.1. The van der Waals surface area contributed by atoms with E-state index in [4.69, 9.17) is 5.73 Å². The standard InChI is InChI=1S/C16H30N4O.2ClH/c1-5-8-20-9-6-16(12-17,7-10-20)19-14(21)13(18)11-15(2,3)4;;/h13H,5-11,18H2,1-4H3,(H,19,21);2*1H. The van der Waals surface area contributed by atoms with Crippen molar-refractivity contribution in [1.82, 2.24) is 10.2 Å². The molecule has 0 bridgehead atoms. The number of halogens is 2. The number of nitrogens with two attached hydrogens (primary N) is 1. The van der Waals surface area contributed by atoms with E-state index in [2.05, 4.69) is 44.0 Å². The maximum atomic E-state index is 12.3. The highest BCUT2D eigenvalue weighted by Gasteiger charge is 2.37. The van der Waals surface area contributed by atoms with Crippen molar-refractivity contribution in [3.63, 3.8) is 0 Å². The smallest absolute Gasteiger partial charge is 0.238 e. The Bertz CT molecular complexity index is 396. The van der Waals surface area contributed by atoms with Crippen LogP contribution in [-0.4, -0.2) is 42.0 Å². The van der Waals surface area contributed by atoms with Crippen LogP contribution in [0.25, 0.3) is 0 Å². The van der Waals surface area contributed by atoms with Crippen LogP contribution in [0.3, 0.4) is 0 Å². The lowest BCUT2D eigenvalue weighted by Crippen LogP contribution is -2.58. The van der Waals surface area contributed by atoms with Gasteiger partial charge in [0, 0.05) is 13.1 Å². The van der Waals surface area contributed by atoms with Gasteiger partial charge in [0.25, 0.3) is 0 Å². The van der Waals surface area contributed by atoms with Gasteiger partial charge in [-0.3, -0.25) is 4.79 Å². The Morgan fingerprint density at radius 3 is 2.26 bits per heavy atom. The molecule has 5 nitrogen and oxygen atoms in total. The molecule has 0 saturated carbocycles. The number of nitrogens with one attached hydrogen (secondary N) is 1. The average molecular weight is 367 g/mol. The highest BCUT2D eigenvalue weighted by atomic mass is 35.5.